The number of fused-ring (bicyclic) bond motifs is 2. The molecule has 0 nitrogen and oxygen atoms in total. The molecule has 2 bridgehead atoms. The molecule has 4 atom stereocenters. The van der Waals surface area contributed by atoms with Crippen molar-refractivity contribution in [3.05, 3.63) is 24.8 Å². The Labute approximate surface area is 76.4 Å². The number of hydrogen-bond acceptors (Lipinski definition) is 0. The van der Waals surface area contributed by atoms with Gasteiger partial charge in [-0.3, -0.25) is 0 Å². The van der Waals surface area contributed by atoms with Gasteiger partial charge in [-0.15, -0.1) is 6.58 Å². The van der Waals surface area contributed by atoms with Gasteiger partial charge in [0.15, 0.2) is 0 Å². The van der Waals surface area contributed by atoms with Crippen LogP contribution in [0.15, 0.2) is 24.8 Å². The van der Waals surface area contributed by atoms with Crippen LogP contribution in [-0.4, -0.2) is 0 Å². The molecule has 0 radical (unpaired) electrons. The first-order valence-corrected chi connectivity index (χ1v) is 5.14. The predicted molar refractivity (Wildman–Crippen MR) is 54.9 cm³/mol. The fraction of sp³-hybridized carbons (Fsp3) is 0.667. The Balaban J connectivity index is 0.000000336. The summed E-state index contributed by atoms with van der Waals surface area (Å²) in [5.74, 6) is 3.33. The molecule has 1 saturated carbocycles. The highest BCUT2D eigenvalue weighted by molar-refractivity contribution is 5.15. The van der Waals surface area contributed by atoms with E-state index in [0.29, 0.717) is 0 Å². The second-order valence-corrected chi connectivity index (χ2v) is 3.62. The van der Waals surface area contributed by atoms with Gasteiger partial charge in [-0.1, -0.05) is 39.0 Å². The van der Waals surface area contributed by atoms with Gasteiger partial charge in [0.25, 0.3) is 0 Å². The summed E-state index contributed by atoms with van der Waals surface area (Å²) >= 11 is 0. The highest BCUT2D eigenvalue weighted by atomic mass is 14.4. The molecular formula is C12H20. The lowest BCUT2D eigenvalue weighted by Crippen LogP contribution is -2.13. The van der Waals surface area contributed by atoms with Crippen molar-refractivity contribution in [3.63, 3.8) is 0 Å². The van der Waals surface area contributed by atoms with Crippen molar-refractivity contribution in [1.82, 2.24) is 0 Å². The van der Waals surface area contributed by atoms with Crippen LogP contribution in [0.2, 0.25) is 0 Å². The molecule has 2 rings (SSSR count). The van der Waals surface area contributed by atoms with Gasteiger partial charge in [0.2, 0.25) is 0 Å². The van der Waals surface area contributed by atoms with Gasteiger partial charge in [0, 0.05) is 0 Å². The summed E-state index contributed by atoms with van der Waals surface area (Å²) in [4.78, 5) is 0. The normalized spacial score (nSPS) is 42.2. The minimum absolute atomic E-state index is 0.773. The molecule has 2 aliphatic carbocycles. The highest BCUT2D eigenvalue weighted by Gasteiger charge is 2.39. The van der Waals surface area contributed by atoms with Gasteiger partial charge >= 0.3 is 0 Å². The average Bonchev–Trinajstić information content (AvgIpc) is 2.68. The van der Waals surface area contributed by atoms with Gasteiger partial charge in [-0.25, -0.2) is 0 Å². The third-order valence-corrected chi connectivity index (χ3v) is 3.20. The first kappa shape index (κ1) is 9.57. The van der Waals surface area contributed by atoms with E-state index in [0.717, 1.165) is 23.7 Å². The lowest BCUT2D eigenvalue weighted by molar-refractivity contribution is 0.404. The molecule has 0 aromatic heterocycles. The van der Waals surface area contributed by atoms with Crippen LogP contribution in [0.1, 0.15) is 27.2 Å². The summed E-state index contributed by atoms with van der Waals surface area (Å²) in [6.07, 6.45) is 8.28. The van der Waals surface area contributed by atoms with E-state index in [9.17, 15) is 0 Å². The van der Waals surface area contributed by atoms with E-state index in [1.807, 2.05) is 13.8 Å². The van der Waals surface area contributed by atoms with Crippen LogP contribution in [0.25, 0.3) is 0 Å². The van der Waals surface area contributed by atoms with E-state index in [1.165, 1.54) is 6.42 Å². The van der Waals surface area contributed by atoms with Crippen molar-refractivity contribution < 1.29 is 0 Å². The Morgan fingerprint density at radius 2 is 1.83 bits per heavy atom. The van der Waals surface area contributed by atoms with Gasteiger partial charge in [-0.2, -0.15) is 0 Å². The minimum atomic E-state index is 0.773. The predicted octanol–water partition coefficient (Wildman–Crippen LogP) is 3.66. The lowest BCUT2D eigenvalue weighted by Gasteiger charge is -2.20. The molecule has 68 valence electrons. The topological polar surface area (TPSA) is 0 Å². The zero-order valence-corrected chi connectivity index (χ0v) is 8.46. The fourth-order valence-corrected chi connectivity index (χ4v) is 2.50. The molecule has 0 aromatic rings. The smallest absolute Gasteiger partial charge is 0.0142 e. The third-order valence-electron chi connectivity index (χ3n) is 3.20. The summed E-state index contributed by atoms with van der Waals surface area (Å²) in [5, 5.41) is 0. The maximum atomic E-state index is 3.88. The SMILES string of the molecule is C=CC1C2C=CC(C2)C1C.CC. The molecule has 0 aromatic carbocycles. The summed E-state index contributed by atoms with van der Waals surface area (Å²) in [7, 11) is 0. The largest absolute Gasteiger partial charge is 0.103 e. The lowest BCUT2D eigenvalue weighted by atomic mass is 9.85. The molecular weight excluding hydrogens is 144 g/mol. The Morgan fingerprint density at radius 1 is 1.25 bits per heavy atom. The standard InChI is InChI=1S/C10H14.C2H6/c1-3-10-7(2)8-4-5-9(10)6-8;1-2/h3-5,7-10H,1,6H2,2H3;1-2H3. The van der Waals surface area contributed by atoms with E-state index in [4.69, 9.17) is 0 Å². The zero-order chi connectivity index (χ0) is 9.14. The van der Waals surface area contributed by atoms with Crippen LogP contribution in [0.4, 0.5) is 0 Å². The maximum absolute atomic E-state index is 3.88. The molecule has 12 heavy (non-hydrogen) atoms. The second-order valence-electron chi connectivity index (χ2n) is 3.62. The zero-order valence-electron chi connectivity index (χ0n) is 8.46. The van der Waals surface area contributed by atoms with E-state index < -0.39 is 0 Å². The van der Waals surface area contributed by atoms with Gasteiger partial charge < -0.3 is 0 Å². The number of hydrogen-bond donors (Lipinski definition) is 0. The van der Waals surface area contributed by atoms with Crippen LogP contribution in [0.3, 0.4) is 0 Å². The molecule has 4 unspecified atom stereocenters. The summed E-state index contributed by atoms with van der Waals surface area (Å²) in [6, 6.07) is 0. The van der Waals surface area contributed by atoms with Crippen LogP contribution in [-0.2, 0) is 0 Å². The van der Waals surface area contributed by atoms with Crippen molar-refractivity contribution in [2.24, 2.45) is 23.7 Å². The fourth-order valence-electron chi connectivity index (χ4n) is 2.50. The third kappa shape index (κ3) is 1.35. The average molecular weight is 164 g/mol. The summed E-state index contributed by atoms with van der Waals surface area (Å²) < 4.78 is 0. The Morgan fingerprint density at radius 3 is 2.17 bits per heavy atom. The maximum Gasteiger partial charge on any atom is -0.0142 e. The van der Waals surface area contributed by atoms with Gasteiger partial charge in [0.05, 0.1) is 0 Å². The molecule has 2 aliphatic rings. The molecule has 0 saturated heterocycles. The molecule has 0 aliphatic heterocycles. The summed E-state index contributed by atoms with van der Waals surface area (Å²) in [6.45, 7) is 10.2. The molecule has 0 heteroatoms. The van der Waals surface area contributed by atoms with Gasteiger partial charge in [0.1, 0.15) is 0 Å². The van der Waals surface area contributed by atoms with Gasteiger partial charge in [-0.05, 0) is 30.1 Å². The van der Waals surface area contributed by atoms with Crippen molar-refractivity contribution >= 4 is 0 Å². The van der Waals surface area contributed by atoms with Crippen molar-refractivity contribution in [3.8, 4) is 0 Å². The van der Waals surface area contributed by atoms with Crippen molar-refractivity contribution in [1.29, 1.82) is 0 Å². The molecule has 0 heterocycles. The second kappa shape index (κ2) is 3.93. The highest BCUT2D eigenvalue weighted by Crippen LogP contribution is 2.47. The minimum Gasteiger partial charge on any atom is -0.103 e. The number of allylic oxidation sites excluding steroid dienone is 3. The van der Waals surface area contributed by atoms with Crippen molar-refractivity contribution in [2.75, 3.05) is 0 Å². The molecule has 0 N–H and O–H groups in total. The van der Waals surface area contributed by atoms with E-state index in [2.05, 4.69) is 31.7 Å². The van der Waals surface area contributed by atoms with E-state index >= 15 is 0 Å². The van der Waals surface area contributed by atoms with Crippen LogP contribution < -0.4 is 0 Å². The quantitative estimate of drug-likeness (QED) is 0.519. The van der Waals surface area contributed by atoms with E-state index in [-0.39, 0.29) is 0 Å². The molecule has 1 fully saturated rings. The van der Waals surface area contributed by atoms with Crippen LogP contribution in [0, 0.1) is 23.7 Å². The Kier molecular flexibility index (Phi) is 3.13. The van der Waals surface area contributed by atoms with Crippen LogP contribution in [0.5, 0.6) is 0 Å². The van der Waals surface area contributed by atoms with Crippen LogP contribution >= 0.6 is 0 Å². The Hall–Kier alpha value is -0.520. The number of rotatable bonds is 1. The van der Waals surface area contributed by atoms with Crippen molar-refractivity contribution in [2.45, 2.75) is 27.2 Å². The Bertz CT molecular complexity index is 178. The molecule has 0 amide bonds. The van der Waals surface area contributed by atoms with E-state index in [1.54, 1.807) is 0 Å². The first-order chi connectivity index (χ1) is 5.83. The summed E-state index contributed by atoms with van der Waals surface area (Å²) in [5.41, 5.74) is 0. The monoisotopic (exact) mass is 164 g/mol. The molecule has 0 spiro atoms. The first-order valence-electron chi connectivity index (χ1n) is 5.14.